The molecule has 0 atom stereocenters. The number of carbonyl (C=O) groups excluding carboxylic acids is 1. The van der Waals surface area contributed by atoms with Crippen molar-refractivity contribution in [2.45, 2.75) is 19.4 Å². The summed E-state index contributed by atoms with van der Waals surface area (Å²) in [4.78, 5) is 31.1. The summed E-state index contributed by atoms with van der Waals surface area (Å²) >= 11 is 7.19. The summed E-state index contributed by atoms with van der Waals surface area (Å²) in [5.74, 6) is -0.368. The third-order valence-electron chi connectivity index (χ3n) is 4.22. The Kier molecular flexibility index (Phi) is 4.60. The van der Waals surface area contributed by atoms with E-state index >= 15 is 0 Å². The molecule has 1 saturated heterocycles. The summed E-state index contributed by atoms with van der Waals surface area (Å²) in [7, 11) is 0. The van der Waals surface area contributed by atoms with Gasteiger partial charge in [-0.2, -0.15) is 9.50 Å². The Bertz CT molecular complexity index is 1010. The molecule has 0 aliphatic carbocycles. The van der Waals surface area contributed by atoms with Crippen LogP contribution in [0, 0.1) is 0 Å². The number of anilines is 1. The highest BCUT2D eigenvalue weighted by molar-refractivity contribution is 7.20. The van der Waals surface area contributed by atoms with Crippen molar-refractivity contribution in [3.8, 4) is 0 Å². The van der Waals surface area contributed by atoms with Gasteiger partial charge in [0.15, 0.2) is 0 Å². The highest BCUT2D eigenvalue weighted by Crippen LogP contribution is 2.25. The fourth-order valence-electron chi connectivity index (χ4n) is 2.88. The third kappa shape index (κ3) is 3.42. The average Bonchev–Trinajstić information content (AvgIpc) is 3.29. The van der Waals surface area contributed by atoms with Crippen molar-refractivity contribution in [2.24, 2.45) is 0 Å². The van der Waals surface area contributed by atoms with Gasteiger partial charge in [0.1, 0.15) is 5.69 Å². The van der Waals surface area contributed by atoms with Gasteiger partial charge in [-0.1, -0.05) is 35.1 Å². The zero-order chi connectivity index (χ0) is 18.1. The van der Waals surface area contributed by atoms with Crippen molar-refractivity contribution in [3.63, 3.8) is 0 Å². The highest BCUT2D eigenvalue weighted by Gasteiger charge is 2.20. The van der Waals surface area contributed by atoms with E-state index < -0.39 is 5.56 Å². The first-order valence-electron chi connectivity index (χ1n) is 8.29. The molecule has 1 amide bonds. The van der Waals surface area contributed by atoms with E-state index in [0.29, 0.717) is 16.5 Å². The molecule has 134 valence electrons. The summed E-state index contributed by atoms with van der Waals surface area (Å²) in [6, 6.07) is 8.43. The summed E-state index contributed by atoms with van der Waals surface area (Å²) in [5, 5.41) is 8.74. The Morgan fingerprint density at radius 1 is 1.23 bits per heavy atom. The van der Waals surface area contributed by atoms with Crippen LogP contribution in [0.15, 0.2) is 35.1 Å². The largest absolute Gasteiger partial charge is 0.347 e. The number of benzene rings is 1. The van der Waals surface area contributed by atoms with Crippen LogP contribution in [-0.4, -0.2) is 33.6 Å². The number of nitrogens with one attached hydrogen (secondary N) is 1. The average molecular weight is 390 g/mol. The lowest BCUT2D eigenvalue weighted by atomic mass is 10.2. The van der Waals surface area contributed by atoms with E-state index in [-0.39, 0.29) is 11.6 Å². The van der Waals surface area contributed by atoms with Gasteiger partial charge in [-0.05, 0) is 30.5 Å². The van der Waals surface area contributed by atoms with Gasteiger partial charge in [0.2, 0.25) is 10.1 Å². The minimum atomic E-state index is -0.446. The first-order chi connectivity index (χ1) is 12.6. The second-order valence-corrected chi connectivity index (χ2v) is 7.43. The maximum Gasteiger partial charge on any atom is 0.274 e. The van der Waals surface area contributed by atoms with E-state index in [4.69, 9.17) is 11.6 Å². The van der Waals surface area contributed by atoms with Gasteiger partial charge in [-0.15, -0.1) is 5.10 Å². The van der Waals surface area contributed by atoms with E-state index in [1.54, 1.807) is 12.1 Å². The highest BCUT2D eigenvalue weighted by atomic mass is 35.5. The van der Waals surface area contributed by atoms with Crippen LogP contribution >= 0.6 is 22.9 Å². The number of nitrogens with zero attached hydrogens (tertiary/aromatic N) is 4. The van der Waals surface area contributed by atoms with Crippen LogP contribution in [0.5, 0.6) is 0 Å². The van der Waals surface area contributed by atoms with Crippen LogP contribution in [0.1, 0.15) is 28.9 Å². The monoisotopic (exact) mass is 389 g/mol. The minimum Gasteiger partial charge on any atom is -0.347 e. The smallest absolute Gasteiger partial charge is 0.274 e. The van der Waals surface area contributed by atoms with Crippen molar-refractivity contribution >= 4 is 38.9 Å². The fourth-order valence-corrected chi connectivity index (χ4v) is 3.96. The number of carbonyl (C=O) groups is 1. The normalized spacial score (nSPS) is 14.1. The number of rotatable bonds is 4. The van der Waals surface area contributed by atoms with E-state index in [1.807, 2.05) is 12.1 Å². The van der Waals surface area contributed by atoms with Crippen LogP contribution in [0.3, 0.4) is 0 Å². The standard InChI is InChI=1S/C17H16ClN5O2S/c18-12-5-3-11(4-6-12)10-19-15(25)13-9-14(24)20-16-23(13)21-17(26-16)22-7-1-2-8-22/h3-6,9H,1-2,7-8,10H2,(H,19,25). The van der Waals surface area contributed by atoms with Gasteiger partial charge < -0.3 is 10.2 Å². The molecule has 0 saturated carbocycles. The zero-order valence-corrected chi connectivity index (χ0v) is 15.4. The molecule has 1 aliphatic heterocycles. The molecule has 0 bridgehead atoms. The quantitative estimate of drug-likeness (QED) is 0.740. The predicted octanol–water partition coefficient (Wildman–Crippen LogP) is 2.33. The molecule has 26 heavy (non-hydrogen) atoms. The number of amides is 1. The summed E-state index contributed by atoms with van der Waals surface area (Å²) < 4.78 is 1.46. The molecule has 4 rings (SSSR count). The predicted molar refractivity (Wildman–Crippen MR) is 101 cm³/mol. The van der Waals surface area contributed by atoms with Gasteiger partial charge >= 0.3 is 0 Å². The van der Waals surface area contributed by atoms with E-state index in [1.165, 1.54) is 21.9 Å². The van der Waals surface area contributed by atoms with Crippen LogP contribution in [0.2, 0.25) is 5.02 Å². The van der Waals surface area contributed by atoms with Crippen molar-refractivity contribution in [1.29, 1.82) is 0 Å². The SMILES string of the molecule is O=C(NCc1ccc(Cl)cc1)c1cc(=O)nc2sc(N3CCCC3)nn12. The summed E-state index contributed by atoms with van der Waals surface area (Å²) in [6.45, 7) is 2.20. The molecular formula is C17H16ClN5O2S. The van der Waals surface area contributed by atoms with Gasteiger partial charge in [0.05, 0.1) is 0 Å². The Hall–Kier alpha value is -2.45. The molecule has 0 radical (unpaired) electrons. The van der Waals surface area contributed by atoms with Gasteiger partial charge in [0.25, 0.3) is 11.5 Å². The molecule has 1 fully saturated rings. The number of hydrogen-bond donors (Lipinski definition) is 1. The Labute approximate surface area is 158 Å². The number of aromatic nitrogens is 3. The number of hydrogen-bond acceptors (Lipinski definition) is 6. The topological polar surface area (TPSA) is 79.6 Å². The maximum absolute atomic E-state index is 12.6. The van der Waals surface area contributed by atoms with Crippen molar-refractivity contribution in [3.05, 3.63) is 57.0 Å². The zero-order valence-electron chi connectivity index (χ0n) is 13.8. The Morgan fingerprint density at radius 2 is 1.96 bits per heavy atom. The maximum atomic E-state index is 12.6. The minimum absolute atomic E-state index is 0.190. The lowest BCUT2D eigenvalue weighted by Crippen LogP contribution is -2.27. The molecule has 3 aromatic rings. The van der Waals surface area contributed by atoms with Crippen molar-refractivity contribution in [2.75, 3.05) is 18.0 Å². The molecular weight excluding hydrogens is 374 g/mol. The van der Waals surface area contributed by atoms with E-state index in [2.05, 4.69) is 20.3 Å². The van der Waals surface area contributed by atoms with Crippen LogP contribution < -0.4 is 15.8 Å². The number of halogens is 1. The first kappa shape index (κ1) is 17.0. The summed E-state index contributed by atoms with van der Waals surface area (Å²) in [6.07, 6.45) is 2.24. The molecule has 0 unspecified atom stereocenters. The molecule has 3 heterocycles. The van der Waals surface area contributed by atoms with Crippen LogP contribution in [-0.2, 0) is 6.54 Å². The lowest BCUT2D eigenvalue weighted by molar-refractivity contribution is 0.0943. The molecule has 1 aromatic carbocycles. The van der Waals surface area contributed by atoms with E-state index in [0.717, 1.165) is 36.6 Å². The molecule has 7 nitrogen and oxygen atoms in total. The number of fused-ring (bicyclic) bond motifs is 1. The lowest BCUT2D eigenvalue weighted by Gasteiger charge is -2.11. The molecule has 1 aliphatic rings. The second-order valence-electron chi connectivity index (χ2n) is 6.06. The van der Waals surface area contributed by atoms with Crippen LogP contribution in [0.25, 0.3) is 4.96 Å². The second kappa shape index (κ2) is 7.05. The Morgan fingerprint density at radius 3 is 2.69 bits per heavy atom. The van der Waals surface area contributed by atoms with Crippen LogP contribution in [0.4, 0.5) is 5.13 Å². The summed E-state index contributed by atoms with van der Waals surface area (Å²) in [5.41, 5.74) is 0.658. The molecule has 9 heteroatoms. The molecule has 2 aromatic heterocycles. The van der Waals surface area contributed by atoms with Gasteiger partial charge in [-0.3, -0.25) is 9.59 Å². The molecule has 0 spiro atoms. The first-order valence-corrected chi connectivity index (χ1v) is 9.48. The molecule has 1 N–H and O–H groups in total. The third-order valence-corrected chi connectivity index (χ3v) is 5.44. The van der Waals surface area contributed by atoms with Gasteiger partial charge in [-0.25, -0.2) is 0 Å². The van der Waals surface area contributed by atoms with E-state index in [9.17, 15) is 9.59 Å². The van der Waals surface area contributed by atoms with Crippen molar-refractivity contribution < 1.29 is 4.79 Å². The fraction of sp³-hybridized carbons (Fsp3) is 0.294. The van der Waals surface area contributed by atoms with Gasteiger partial charge in [0, 0.05) is 30.7 Å². The Balaban J connectivity index is 1.60. The van der Waals surface area contributed by atoms with Crippen molar-refractivity contribution in [1.82, 2.24) is 19.9 Å².